The predicted octanol–water partition coefficient (Wildman–Crippen LogP) is 3.83. The third-order valence-corrected chi connectivity index (χ3v) is 7.71. The first-order valence-corrected chi connectivity index (χ1v) is 12.2. The third-order valence-electron chi connectivity index (χ3n) is 6.97. The van der Waals surface area contributed by atoms with Crippen LogP contribution in [0.4, 0.5) is 4.79 Å². The van der Waals surface area contributed by atoms with Gasteiger partial charge in [0.25, 0.3) is 5.91 Å². The van der Waals surface area contributed by atoms with Gasteiger partial charge in [0, 0.05) is 32.1 Å². The zero-order valence-electron chi connectivity index (χ0n) is 18.4. The molecular weight excluding hydrogens is 451 g/mol. The topological polar surface area (TPSA) is 73.0 Å². The van der Waals surface area contributed by atoms with Crippen LogP contribution in [-0.4, -0.2) is 65.4 Å². The van der Waals surface area contributed by atoms with Crippen molar-refractivity contribution in [1.29, 1.82) is 0 Å². The molecule has 4 rings (SSSR count). The van der Waals surface area contributed by atoms with E-state index in [0.717, 1.165) is 38.8 Å². The van der Waals surface area contributed by atoms with Crippen molar-refractivity contribution in [2.75, 3.05) is 32.8 Å². The van der Waals surface area contributed by atoms with E-state index in [-0.39, 0.29) is 24.4 Å². The molecule has 32 heavy (non-hydrogen) atoms. The van der Waals surface area contributed by atoms with Gasteiger partial charge in [-0.1, -0.05) is 42.1 Å². The van der Waals surface area contributed by atoms with Crippen LogP contribution >= 0.6 is 23.2 Å². The van der Waals surface area contributed by atoms with Gasteiger partial charge in [0.2, 0.25) is 5.91 Å². The smallest absolute Gasteiger partial charge is 0.326 e. The number of nitrogens with one attached hydrogen (secondary N) is 1. The molecule has 0 aromatic heterocycles. The number of piperidine rings is 1. The molecule has 0 aliphatic carbocycles. The maximum absolute atomic E-state index is 13.2. The number of hydrogen-bond acceptors (Lipinski definition) is 4. The average molecular weight is 481 g/mol. The fourth-order valence-electron chi connectivity index (χ4n) is 4.90. The van der Waals surface area contributed by atoms with Gasteiger partial charge in [0.1, 0.15) is 5.54 Å². The highest BCUT2D eigenvalue weighted by Crippen LogP contribution is 2.33. The molecule has 1 N–H and O–H groups in total. The average Bonchev–Trinajstić information content (AvgIpc) is 2.98. The lowest BCUT2D eigenvalue weighted by atomic mass is 9.92. The lowest BCUT2D eigenvalue weighted by Crippen LogP contribution is -2.48. The number of hydrogen-bond donors (Lipinski definition) is 1. The first-order chi connectivity index (χ1) is 15.3. The Bertz CT molecular complexity index is 895. The summed E-state index contributed by atoms with van der Waals surface area (Å²) in [6.07, 6.45) is 6.10. The lowest BCUT2D eigenvalue weighted by Gasteiger charge is -2.35. The Kier molecular flexibility index (Phi) is 6.98. The van der Waals surface area contributed by atoms with Gasteiger partial charge in [-0.2, -0.15) is 0 Å². The molecule has 1 aromatic rings. The number of carbonyl (C=O) groups excluding carboxylic acids is 3. The zero-order chi connectivity index (χ0) is 22.9. The van der Waals surface area contributed by atoms with Gasteiger partial charge in [0.05, 0.1) is 16.7 Å². The molecule has 3 aliphatic heterocycles. The molecule has 0 bridgehead atoms. The molecule has 1 unspecified atom stereocenters. The standard InChI is InChI=1S/C23H30Cl2N4O3/c1-23(17-6-7-18(24)19(25)14-17)21(31)29(22(32)26-23)15-27-12-8-16(9-13-27)20(30)28-10-4-2-3-5-11-28/h6-7,14,16H,2-5,8-13,15H2,1H3,(H,26,32). The fraction of sp³-hybridized carbons (Fsp3) is 0.609. The normalized spacial score (nSPS) is 25.7. The number of benzene rings is 1. The molecule has 3 heterocycles. The van der Waals surface area contributed by atoms with Crippen molar-refractivity contribution < 1.29 is 14.4 Å². The Morgan fingerprint density at radius 1 is 1.03 bits per heavy atom. The number of carbonyl (C=O) groups is 3. The highest BCUT2D eigenvalue weighted by atomic mass is 35.5. The third kappa shape index (κ3) is 4.61. The number of nitrogens with zero attached hydrogens (tertiary/aromatic N) is 3. The molecule has 3 saturated heterocycles. The Balaban J connectivity index is 1.35. The van der Waals surface area contributed by atoms with Gasteiger partial charge in [0.15, 0.2) is 0 Å². The van der Waals surface area contributed by atoms with E-state index in [2.05, 4.69) is 10.2 Å². The van der Waals surface area contributed by atoms with E-state index in [4.69, 9.17) is 23.2 Å². The summed E-state index contributed by atoms with van der Waals surface area (Å²) in [5.74, 6) is -0.00804. The first kappa shape index (κ1) is 23.3. The second-order valence-corrected chi connectivity index (χ2v) is 10.0. The van der Waals surface area contributed by atoms with Gasteiger partial charge in [-0.3, -0.25) is 14.5 Å². The minimum absolute atomic E-state index is 0.0360. The summed E-state index contributed by atoms with van der Waals surface area (Å²) in [7, 11) is 0. The highest BCUT2D eigenvalue weighted by Gasteiger charge is 2.49. The van der Waals surface area contributed by atoms with Crippen LogP contribution in [0.25, 0.3) is 0 Å². The summed E-state index contributed by atoms with van der Waals surface area (Å²) >= 11 is 12.1. The molecule has 0 spiro atoms. The van der Waals surface area contributed by atoms with Crippen LogP contribution in [-0.2, 0) is 15.1 Å². The second-order valence-electron chi connectivity index (χ2n) is 9.19. The van der Waals surface area contributed by atoms with Crippen LogP contribution in [0.5, 0.6) is 0 Å². The van der Waals surface area contributed by atoms with E-state index in [1.165, 1.54) is 17.7 Å². The number of imide groups is 1. The molecule has 1 atom stereocenters. The highest BCUT2D eigenvalue weighted by molar-refractivity contribution is 6.42. The van der Waals surface area contributed by atoms with E-state index < -0.39 is 11.6 Å². The zero-order valence-corrected chi connectivity index (χ0v) is 19.9. The van der Waals surface area contributed by atoms with E-state index in [1.54, 1.807) is 25.1 Å². The Morgan fingerprint density at radius 2 is 1.69 bits per heavy atom. The van der Waals surface area contributed by atoms with Gasteiger partial charge < -0.3 is 10.2 Å². The molecule has 3 fully saturated rings. The van der Waals surface area contributed by atoms with Crippen molar-refractivity contribution in [2.45, 2.75) is 51.0 Å². The molecule has 174 valence electrons. The monoisotopic (exact) mass is 480 g/mol. The Morgan fingerprint density at radius 3 is 2.31 bits per heavy atom. The minimum Gasteiger partial charge on any atom is -0.342 e. The van der Waals surface area contributed by atoms with E-state index in [0.29, 0.717) is 28.7 Å². The van der Waals surface area contributed by atoms with Crippen LogP contribution in [0.15, 0.2) is 18.2 Å². The number of urea groups is 1. The van der Waals surface area contributed by atoms with E-state index in [9.17, 15) is 14.4 Å². The summed E-state index contributed by atoms with van der Waals surface area (Å²) in [5, 5.41) is 3.54. The number of halogens is 2. The van der Waals surface area contributed by atoms with Gasteiger partial charge >= 0.3 is 6.03 Å². The number of rotatable bonds is 4. The van der Waals surface area contributed by atoms with Crippen molar-refractivity contribution in [1.82, 2.24) is 20.0 Å². The largest absolute Gasteiger partial charge is 0.342 e. The molecular formula is C23H30Cl2N4O3. The van der Waals surface area contributed by atoms with Gasteiger partial charge in [-0.15, -0.1) is 0 Å². The van der Waals surface area contributed by atoms with Crippen LogP contribution in [0.1, 0.15) is 51.0 Å². The minimum atomic E-state index is -1.19. The van der Waals surface area contributed by atoms with E-state index >= 15 is 0 Å². The van der Waals surface area contributed by atoms with Crippen LogP contribution in [0.3, 0.4) is 0 Å². The maximum atomic E-state index is 13.2. The van der Waals surface area contributed by atoms with Crippen molar-refractivity contribution in [2.24, 2.45) is 5.92 Å². The molecule has 1 aromatic carbocycles. The van der Waals surface area contributed by atoms with Crippen molar-refractivity contribution in [3.63, 3.8) is 0 Å². The van der Waals surface area contributed by atoms with E-state index in [1.807, 2.05) is 4.90 Å². The quantitative estimate of drug-likeness (QED) is 0.664. The Hall–Kier alpha value is -1.83. The summed E-state index contributed by atoms with van der Waals surface area (Å²) in [4.78, 5) is 44.1. The second kappa shape index (κ2) is 9.57. The Labute approximate surface area is 199 Å². The van der Waals surface area contributed by atoms with Gasteiger partial charge in [-0.05, 0) is 50.3 Å². The summed E-state index contributed by atoms with van der Waals surface area (Å²) in [6, 6.07) is 4.52. The maximum Gasteiger partial charge on any atom is 0.326 e. The van der Waals surface area contributed by atoms with Crippen LogP contribution < -0.4 is 5.32 Å². The van der Waals surface area contributed by atoms with Crippen molar-refractivity contribution >= 4 is 41.0 Å². The SMILES string of the molecule is CC1(c2ccc(Cl)c(Cl)c2)NC(=O)N(CN2CCC(C(=O)N3CCCCCC3)CC2)C1=O. The van der Waals surface area contributed by atoms with Gasteiger partial charge in [-0.25, -0.2) is 9.69 Å². The number of amides is 4. The molecule has 0 saturated carbocycles. The first-order valence-electron chi connectivity index (χ1n) is 11.4. The fourth-order valence-corrected chi connectivity index (χ4v) is 5.20. The van der Waals surface area contributed by atoms with Crippen molar-refractivity contribution in [3.8, 4) is 0 Å². The summed E-state index contributed by atoms with van der Waals surface area (Å²) in [5.41, 5.74) is -0.596. The van der Waals surface area contributed by atoms with Crippen LogP contribution in [0, 0.1) is 5.92 Å². The predicted molar refractivity (Wildman–Crippen MR) is 123 cm³/mol. The summed E-state index contributed by atoms with van der Waals surface area (Å²) < 4.78 is 0. The molecule has 4 amide bonds. The molecule has 7 nitrogen and oxygen atoms in total. The number of likely N-dealkylation sites (tertiary alicyclic amines) is 2. The van der Waals surface area contributed by atoms with Crippen molar-refractivity contribution in [3.05, 3.63) is 33.8 Å². The molecule has 0 radical (unpaired) electrons. The molecule has 3 aliphatic rings. The summed E-state index contributed by atoms with van der Waals surface area (Å²) in [6.45, 7) is 5.00. The molecule has 9 heteroatoms. The lowest BCUT2D eigenvalue weighted by molar-refractivity contribution is -0.138. The van der Waals surface area contributed by atoms with Crippen LogP contribution in [0.2, 0.25) is 10.0 Å².